The van der Waals surface area contributed by atoms with Gasteiger partial charge in [-0.3, -0.25) is 0 Å². The lowest BCUT2D eigenvalue weighted by molar-refractivity contribution is -0.149. The van der Waals surface area contributed by atoms with Crippen LogP contribution in [0.4, 0.5) is 0 Å². The Kier molecular flexibility index (Phi) is 15.2. The summed E-state index contributed by atoms with van der Waals surface area (Å²) in [5.74, 6) is -4.25. The Bertz CT molecular complexity index is 1840. The molecule has 0 saturated carbocycles. The van der Waals surface area contributed by atoms with Crippen LogP contribution in [0.1, 0.15) is 41.5 Å². The van der Waals surface area contributed by atoms with Crippen LogP contribution in [0.25, 0.3) is 32.3 Å². The number of hydrogen-bond donors (Lipinski definition) is 0. The SMILES string of the molecule is COC(=O)C(C)Oc1cc2c3cc(OC(C)C(=O)OC)c(OC(C)C(=O)OC)cc3c3cc(OC(C)C(=O)OC)c(OC(C)C(=O)OC)cc3c2cc1OC(C)C(=O)OC. The summed E-state index contributed by atoms with van der Waals surface area (Å²) < 4.78 is 65.9. The molecule has 6 unspecified atom stereocenters. The van der Waals surface area contributed by atoms with Crippen molar-refractivity contribution in [2.75, 3.05) is 42.7 Å². The van der Waals surface area contributed by atoms with Crippen molar-refractivity contribution in [2.24, 2.45) is 0 Å². The predicted octanol–water partition coefficient (Wildman–Crippen LogP) is 4.79. The van der Waals surface area contributed by atoms with Gasteiger partial charge in [-0.1, -0.05) is 0 Å². The Labute approximate surface area is 345 Å². The summed E-state index contributed by atoms with van der Waals surface area (Å²) >= 11 is 0. The van der Waals surface area contributed by atoms with Gasteiger partial charge in [-0.05, 0) is 110 Å². The molecule has 4 aromatic rings. The largest absolute Gasteiger partial charge is 0.475 e. The van der Waals surface area contributed by atoms with Crippen LogP contribution in [0, 0.1) is 0 Å². The molecule has 0 aliphatic carbocycles. The molecule has 0 fully saturated rings. The fourth-order valence-corrected chi connectivity index (χ4v) is 6.00. The van der Waals surface area contributed by atoms with Crippen molar-refractivity contribution in [3.8, 4) is 34.5 Å². The Morgan fingerprint density at radius 3 is 0.500 bits per heavy atom. The molecule has 0 aliphatic heterocycles. The number of benzene rings is 4. The lowest BCUT2D eigenvalue weighted by Gasteiger charge is -2.23. The second kappa shape index (κ2) is 19.8. The van der Waals surface area contributed by atoms with Gasteiger partial charge in [0.15, 0.2) is 71.1 Å². The fraction of sp³-hybridized carbons (Fsp3) is 0.429. The average Bonchev–Trinajstić information content (AvgIpc) is 3.24. The van der Waals surface area contributed by atoms with Gasteiger partial charge < -0.3 is 56.8 Å². The van der Waals surface area contributed by atoms with Gasteiger partial charge in [0.2, 0.25) is 0 Å². The van der Waals surface area contributed by atoms with Gasteiger partial charge in [0, 0.05) is 0 Å². The maximum Gasteiger partial charge on any atom is 0.346 e. The van der Waals surface area contributed by atoms with E-state index >= 15 is 0 Å². The molecule has 0 amide bonds. The smallest absolute Gasteiger partial charge is 0.346 e. The number of methoxy groups -OCH3 is 6. The predicted molar refractivity (Wildman–Crippen MR) is 212 cm³/mol. The third-order valence-electron chi connectivity index (χ3n) is 9.14. The van der Waals surface area contributed by atoms with Gasteiger partial charge in [-0.15, -0.1) is 0 Å². The highest BCUT2D eigenvalue weighted by Gasteiger charge is 2.28. The van der Waals surface area contributed by atoms with Crippen LogP contribution in [0.2, 0.25) is 0 Å². The van der Waals surface area contributed by atoms with Crippen LogP contribution in [0.5, 0.6) is 34.5 Å². The zero-order valence-corrected chi connectivity index (χ0v) is 35.3. The second-order valence-corrected chi connectivity index (χ2v) is 13.2. The minimum atomic E-state index is -1.16. The molecule has 4 rings (SSSR count). The molecule has 18 heteroatoms. The van der Waals surface area contributed by atoms with Crippen molar-refractivity contribution in [1.82, 2.24) is 0 Å². The highest BCUT2D eigenvalue weighted by molar-refractivity contribution is 6.27. The van der Waals surface area contributed by atoms with Crippen molar-refractivity contribution < 1.29 is 85.6 Å². The zero-order valence-electron chi connectivity index (χ0n) is 35.3. The van der Waals surface area contributed by atoms with E-state index in [9.17, 15) is 28.8 Å². The van der Waals surface area contributed by atoms with Crippen molar-refractivity contribution in [3.05, 3.63) is 36.4 Å². The standard InChI is InChI=1S/C42H48O18/c1-19(37(43)49-7)55-31-13-25-26(14-32(31)56-20(2)38(44)50-8)28-16-34(58-22(4)40(46)52-10)36(60-24(6)42(48)54-12)18-30(28)29-17-35(59-23(5)41(47)53-11)33(15-27(25)29)57-21(3)39(45)51-9/h13-24H,1-12H3. The van der Waals surface area contributed by atoms with Crippen LogP contribution in [-0.2, 0) is 57.2 Å². The molecular formula is C42H48O18. The molecule has 324 valence electrons. The molecule has 4 aromatic carbocycles. The first-order valence-corrected chi connectivity index (χ1v) is 18.4. The third kappa shape index (κ3) is 10.1. The summed E-state index contributed by atoms with van der Waals surface area (Å²) in [5.41, 5.74) is 0. The minimum absolute atomic E-state index is 0.00415. The zero-order chi connectivity index (χ0) is 44.6. The molecule has 0 heterocycles. The van der Waals surface area contributed by atoms with E-state index < -0.39 is 72.4 Å². The monoisotopic (exact) mass is 840 g/mol. The first-order chi connectivity index (χ1) is 28.4. The van der Waals surface area contributed by atoms with Crippen LogP contribution in [-0.4, -0.2) is 115 Å². The van der Waals surface area contributed by atoms with Gasteiger partial charge in [-0.2, -0.15) is 0 Å². The highest BCUT2D eigenvalue weighted by Crippen LogP contribution is 2.48. The summed E-state index contributed by atoms with van der Waals surface area (Å²) in [6.07, 6.45) is -6.97. The van der Waals surface area contributed by atoms with Crippen molar-refractivity contribution in [2.45, 2.75) is 78.2 Å². The van der Waals surface area contributed by atoms with E-state index in [1.54, 1.807) is 36.4 Å². The maximum absolute atomic E-state index is 12.6. The Hall–Kier alpha value is -6.72. The van der Waals surface area contributed by atoms with E-state index in [-0.39, 0.29) is 34.5 Å². The second-order valence-electron chi connectivity index (χ2n) is 13.2. The number of rotatable bonds is 18. The number of hydrogen-bond acceptors (Lipinski definition) is 18. The molecular weight excluding hydrogens is 792 g/mol. The summed E-state index contributed by atoms with van der Waals surface area (Å²) in [6.45, 7) is 8.73. The normalized spacial score (nSPS) is 14.0. The summed E-state index contributed by atoms with van der Waals surface area (Å²) in [7, 11) is 7.17. The quantitative estimate of drug-likeness (QED) is 0.0748. The van der Waals surface area contributed by atoms with Crippen molar-refractivity contribution >= 4 is 68.1 Å². The molecule has 0 bridgehead atoms. The molecule has 0 aromatic heterocycles. The van der Waals surface area contributed by atoms with E-state index in [4.69, 9.17) is 56.8 Å². The molecule has 0 radical (unpaired) electrons. The lowest BCUT2D eigenvalue weighted by atomic mass is 9.93. The first-order valence-electron chi connectivity index (χ1n) is 18.4. The number of carbonyl (C=O) groups excluding carboxylic acids is 6. The Morgan fingerprint density at radius 2 is 0.400 bits per heavy atom. The average molecular weight is 841 g/mol. The van der Waals surface area contributed by atoms with Crippen LogP contribution < -0.4 is 28.4 Å². The molecule has 0 spiro atoms. The molecule has 0 aliphatic rings. The van der Waals surface area contributed by atoms with E-state index in [1.807, 2.05) is 0 Å². The van der Waals surface area contributed by atoms with Gasteiger partial charge in [0.1, 0.15) is 0 Å². The topological polar surface area (TPSA) is 213 Å². The third-order valence-corrected chi connectivity index (χ3v) is 9.14. The van der Waals surface area contributed by atoms with Gasteiger partial charge >= 0.3 is 35.8 Å². The van der Waals surface area contributed by atoms with Crippen LogP contribution in [0.3, 0.4) is 0 Å². The summed E-state index contributed by atoms with van der Waals surface area (Å²) in [4.78, 5) is 75.5. The van der Waals surface area contributed by atoms with Gasteiger partial charge in [0.05, 0.1) is 42.7 Å². The van der Waals surface area contributed by atoms with Crippen LogP contribution >= 0.6 is 0 Å². The number of carbonyl (C=O) groups is 6. The van der Waals surface area contributed by atoms with Crippen molar-refractivity contribution in [3.63, 3.8) is 0 Å². The van der Waals surface area contributed by atoms with Gasteiger partial charge in [-0.25, -0.2) is 28.8 Å². The molecule has 18 nitrogen and oxygen atoms in total. The number of ether oxygens (including phenoxy) is 12. The van der Waals surface area contributed by atoms with Crippen molar-refractivity contribution in [1.29, 1.82) is 0 Å². The fourth-order valence-electron chi connectivity index (χ4n) is 6.00. The van der Waals surface area contributed by atoms with E-state index in [0.29, 0.717) is 32.3 Å². The number of esters is 6. The minimum Gasteiger partial charge on any atom is -0.475 e. The van der Waals surface area contributed by atoms with E-state index in [0.717, 1.165) is 0 Å². The van der Waals surface area contributed by atoms with E-state index in [2.05, 4.69) is 0 Å². The summed E-state index contributed by atoms with van der Waals surface area (Å²) in [6, 6.07) is 9.35. The maximum atomic E-state index is 12.6. The lowest BCUT2D eigenvalue weighted by Crippen LogP contribution is -2.27. The summed E-state index contributed by atoms with van der Waals surface area (Å²) in [5, 5.41) is 2.55. The molecule has 6 atom stereocenters. The number of fused-ring (bicyclic) bond motifs is 6. The highest BCUT2D eigenvalue weighted by atomic mass is 16.6. The Morgan fingerprint density at radius 1 is 0.283 bits per heavy atom. The Balaban J connectivity index is 2.27. The molecule has 0 saturated heterocycles. The molecule has 0 N–H and O–H groups in total. The van der Waals surface area contributed by atoms with Gasteiger partial charge in [0.25, 0.3) is 0 Å². The van der Waals surface area contributed by atoms with E-state index in [1.165, 1.54) is 84.2 Å². The molecule has 60 heavy (non-hydrogen) atoms. The first kappa shape index (κ1) is 46.0. The van der Waals surface area contributed by atoms with Crippen LogP contribution in [0.15, 0.2) is 36.4 Å².